The topological polar surface area (TPSA) is 109 Å². The summed E-state index contributed by atoms with van der Waals surface area (Å²) in [5, 5.41) is 18.4. The normalized spacial score (nSPS) is 14.8. The quantitative estimate of drug-likeness (QED) is 0.177. The van der Waals surface area contributed by atoms with Crippen molar-refractivity contribution in [3.63, 3.8) is 0 Å². The van der Waals surface area contributed by atoms with E-state index in [1.807, 2.05) is 54.6 Å². The minimum atomic E-state index is -0.649. The van der Waals surface area contributed by atoms with Gasteiger partial charge in [-0.25, -0.2) is 5.01 Å². The SMILES string of the molecule is O=C(c1ccccc1)N1N=C(c2c(-c3ccccc3)c3cc(Br)ccc3[nH]c2=O)C[C@H]1c1cccc([N+](=O)[O-])c1. The Kier molecular flexibility index (Phi) is 6.57. The van der Waals surface area contributed by atoms with Gasteiger partial charge in [0, 0.05) is 45.1 Å². The molecule has 6 rings (SSSR count). The van der Waals surface area contributed by atoms with E-state index in [0.29, 0.717) is 33.5 Å². The van der Waals surface area contributed by atoms with Crippen LogP contribution in [0.4, 0.5) is 5.69 Å². The van der Waals surface area contributed by atoms with Gasteiger partial charge >= 0.3 is 0 Å². The molecular formula is C31H21BrN4O4. The van der Waals surface area contributed by atoms with E-state index in [1.54, 1.807) is 36.4 Å². The van der Waals surface area contributed by atoms with Gasteiger partial charge in [-0.05, 0) is 41.5 Å². The van der Waals surface area contributed by atoms with Crippen LogP contribution in [-0.2, 0) is 0 Å². The summed E-state index contributed by atoms with van der Waals surface area (Å²) >= 11 is 3.55. The minimum Gasteiger partial charge on any atom is -0.321 e. The molecule has 8 nitrogen and oxygen atoms in total. The van der Waals surface area contributed by atoms with E-state index >= 15 is 0 Å². The van der Waals surface area contributed by atoms with Crippen LogP contribution in [0, 0.1) is 10.1 Å². The number of pyridine rings is 1. The number of nitrogens with one attached hydrogen (secondary N) is 1. The van der Waals surface area contributed by atoms with E-state index in [1.165, 1.54) is 17.1 Å². The molecule has 0 radical (unpaired) electrons. The highest BCUT2D eigenvalue weighted by Gasteiger charge is 2.36. The lowest BCUT2D eigenvalue weighted by atomic mass is 9.91. The number of halogens is 1. The fourth-order valence-corrected chi connectivity index (χ4v) is 5.47. The fourth-order valence-electron chi connectivity index (χ4n) is 5.11. The van der Waals surface area contributed by atoms with Gasteiger partial charge in [-0.1, -0.05) is 76.6 Å². The van der Waals surface area contributed by atoms with E-state index in [0.717, 1.165) is 15.4 Å². The molecule has 0 spiro atoms. The Morgan fingerprint density at radius 3 is 2.38 bits per heavy atom. The predicted molar refractivity (Wildman–Crippen MR) is 157 cm³/mol. The molecule has 1 N–H and O–H groups in total. The third-order valence-electron chi connectivity index (χ3n) is 6.93. The lowest BCUT2D eigenvalue weighted by molar-refractivity contribution is -0.384. The number of hydrogen-bond donors (Lipinski definition) is 1. The molecule has 1 atom stereocenters. The highest BCUT2D eigenvalue weighted by atomic mass is 79.9. The van der Waals surface area contributed by atoms with Crippen molar-refractivity contribution in [3.05, 3.63) is 145 Å². The summed E-state index contributed by atoms with van der Waals surface area (Å²) in [4.78, 5) is 41.5. The molecule has 0 saturated carbocycles. The van der Waals surface area contributed by atoms with E-state index in [9.17, 15) is 19.7 Å². The number of aromatic amines is 1. The van der Waals surface area contributed by atoms with Gasteiger partial charge in [0.05, 0.1) is 22.2 Å². The first-order valence-corrected chi connectivity index (χ1v) is 13.3. The maximum Gasteiger partial charge on any atom is 0.274 e. The molecule has 4 aromatic carbocycles. The summed E-state index contributed by atoms with van der Waals surface area (Å²) in [5.74, 6) is -0.367. The predicted octanol–water partition coefficient (Wildman–Crippen LogP) is 6.86. The van der Waals surface area contributed by atoms with Gasteiger partial charge in [-0.3, -0.25) is 19.7 Å². The van der Waals surface area contributed by atoms with Gasteiger partial charge < -0.3 is 4.98 Å². The number of nitrogens with zero attached hydrogens (tertiary/aromatic N) is 3. The molecule has 1 aliphatic heterocycles. The van der Waals surface area contributed by atoms with Crippen LogP contribution in [0.25, 0.3) is 22.0 Å². The molecule has 0 saturated heterocycles. The largest absolute Gasteiger partial charge is 0.321 e. The number of H-pyrrole nitrogens is 1. The molecule has 0 aliphatic carbocycles. The summed E-state index contributed by atoms with van der Waals surface area (Å²) < 4.78 is 0.846. The van der Waals surface area contributed by atoms with Crippen molar-refractivity contribution in [1.29, 1.82) is 0 Å². The number of rotatable bonds is 5. The second-order valence-electron chi connectivity index (χ2n) is 9.39. The molecular weight excluding hydrogens is 572 g/mol. The zero-order valence-corrected chi connectivity index (χ0v) is 22.5. The monoisotopic (exact) mass is 592 g/mol. The second-order valence-corrected chi connectivity index (χ2v) is 10.3. The fraction of sp³-hybridized carbons (Fsp3) is 0.0645. The van der Waals surface area contributed by atoms with Gasteiger partial charge in [0.1, 0.15) is 0 Å². The van der Waals surface area contributed by atoms with Crippen LogP contribution in [0.1, 0.15) is 33.9 Å². The molecule has 2 heterocycles. The smallest absolute Gasteiger partial charge is 0.274 e. The summed E-state index contributed by atoms with van der Waals surface area (Å²) in [6, 6.07) is 29.5. The Hall–Kier alpha value is -4.89. The van der Waals surface area contributed by atoms with Crippen molar-refractivity contribution in [1.82, 2.24) is 9.99 Å². The lowest BCUT2D eigenvalue weighted by Gasteiger charge is -2.22. The number of fused-ring (bicyclic) bond motifs is 1. The number of amides is 1. The average Bonchev–Trinajstić information content (AvgIpc) is 3.42. The Labute approximate surface area is 236 Å². The van der Waals surface area contributed by atoms with E-state index < -0.39 is 11.0 Å². The number of carbonyl (C=O) groups is 1. The number of carbonyl (C=O) groups excluding carboxylic acids is 1. The highest BCUT2D eigenvalue weighted by molar-refractivity contribution is 9.10. The zero-order chi connectivity index (χ0) is 27.8. The zero-order valence-electron chi connectivity index (χ0n) is 21.0. The van der Waals surface area contributed by atoms with Crippen molar-refractivity contribution in [2.75, 3.05) is 0 Å². The van der Waals surface area contributed by atoms with Gasteiger partial charge in [0.15, 0.2) is 0 Å². The molecule has 0 unspecified atom stereocenters. The van der Waals surface area contributed by atoms with E-state index in [2.05, 4.69) is 20.9 Å². The first-order valence-electron chi connectivity index (χ1n) is 12.5. The molecule has 5 aromatic rings. The number of benzene rings is 4. The Morgan fingerprint density at radius 2 is 1.65 bits per heavy atom. The molecule has 1 amide bonds. The number of aromatic nitrogens is 1. The van der Waals surface area contributed by atoms with Crippen molar-refractivity contribution < 1.29 is 9.72 Å². The second kappa shape index (κ2) is 10.3. The first-order chi connectivity index (χ1) is 19.4. The first kappa shape index (κ1) is 25.4. The standard InChI is InChI=1S/C31H21BrN4O4/c32-22-14-15-25-24(17-22)28(19-8-3-1-4-9-19)29(30(37)33-25)26-18-27(21-12-7-13-23(16-21)36(39)40)35(34-26)31(38)20-10-5-2-6-11-20/h1-17,27H,18H2,(H,33,37)/t27-/m0/s1. The van der Waals surface area contributed by atoms with Crippen molar-refractivity contribution >= 4 is 44.1 Å². The third-order valence-corrected chi connectivity index (χ3v) is 7.43. The van der Waals surface area contributed by atoms with Gasteiger partial charge in [0.2, 0.25) is 0 Å². The molecule has 0 fully saturated rings. The maximum atomic E-state index is 13.7. The highest BCUT2D eigenvalue weighted by Crippen LogP contribution is 2.38. The average molecular weight is 593 g/mol. The van der Waals surface area contributed by atoms with Crippen molar-refractivity contribution in [2.45, 2.75) is 12.5 Å². The third kappa shape index (κ3) is 4.60. The number of hydrazone groups is 1. The molecule has 1 aliphatic rings. The minimum absolute atomic E-state index is 0.0866. The van der Waals surface area contributed by atoms with Crippen LogP contribution in [0.15, 0.2) is 117 Å². The van der Waals surface area contributed by atoms with Crippen molar-refractivity contribution in [2.24, 2.45) is 5.10 Å². The number of nitro groups is 1. The molecule has 0 bridgehead atoms. The van der Waals surface area contributed by atoms with Gasteiger partial charge in [0.25, 0.3) is 17.2 Å². The maximum absolute atomic E-state index is 13.7. The van der Waals surface area contributed by atoms with Crippen LogP contribution in [0.5, 0.6) is 0 Å². The molecule has 9 heteroatoms. The number of nitro benzene ring substituents is 1. The Bertz CT molecular complexity index is 1870. The van der Waals surface area contributed by atoms with E-state index in [-0.39, 0.29) is 23.6 Å². The Balaban J connectivity index is 1.57. The number of non-ortho nitro benzene ring substituents is 1. The summed E-state index contributed by atoms with van der Waals surface area (Å²) in [7, 11) is 0. The van der Waals surface area contributed by atoms with Crippen LogP contribution >= 0.6 is 15.9 Å². The number of hydrogen-bond acceptors (Lipinski definition) is 5. The van der Waals surface area contributed by atoms with Gasteiger partial charge in [-0.15, -0.1) is 0 Å². The van der Waals surface area contributed by atoms with Crippen LogP contribution in [0.3, 0.4) is 0 Å². The molecule has 196 valence electrons. The van der Waals surface area contributed by atoms with E-state index in [4.69, 9.17) is 5.10 Å². The van der Waals surface area contributed by atoms with Gasteiger partial charge in [-0.2, -0.15) is 5.10 Å². The molecule has 40 heavy (non-hydrogen) atoms. The summed E-state index contributed by atoms with van der Waals surface area (Å²) in [5.41, 5.74) is 3.53. The van der Waals surface area contributed by atoms with Crippen LogP contribution < -0.4 is 5.56 Å². The summed E-state index contributed by atoms with van der Waals surface area (Å²) in [6.45, 7) is 0. The lowest BCUT2D eigenvalue weighted by Crippen LogP contribution is -2.27. The molecule has 1 aromatic heterocycles. The van der Waals surface area contributed by atoms with Crippen molar-refractivity contribution in [3.8, 4) is 11.1 Å². The van der Waals surface area contributed by atoms with Crippen LogP contribution in [0.2, 0.25) is 0 Å². The Morgan fingerprint density at radius 1 is 0.925 bits per heavy atom. The summed E-state index contributed by atoms with van der Waals surface area (Å²) in [6.07, 6.45) is 0.197. The van der Waals surface area contributed by atoms with Crippen LogP contribution in [-0.4, -0.2) is 26.5 Å².